The molecule has 3 nitrogen and oxygen atoms in total. The molecule has 1 heterocycles. The molecule has 2 unspecified atom stereocenters. The van der Waals surface area contributed by atoms with Crippen molar-refractivity contribution in [3.8, 4) is 0 Å². The van der Waals surface area contributed by atoms with Gasteiger partial charge in [0.15, 0.2) is 0 Å². The van der Waals surface area contributed by atoms with E-state index in [1.54, 1.807) is 18.5 Å². The maximum Gasteiger partial charge on any atom is 0.107 e. The molecule has 2 N–H and O–H groups in total. The van der Waals surface area contributed by atoms with E-state index in [0.29, 0.717) is 5.56 Å². The number of aryl methyl sites for hydroxylation is 1. The van der Waals surface area contributed by atoms with Gasteiger partial charge in [-0.25, -0.2) is 0 Å². The normalized spacial score (nSPS) is 15.4. The second-order valence-electron chi connectivity index (χ2n) is 2.93. The van der Waals surface area contributed by atoms with Gasteiger partial charge in [0.1, 0.15) is 6.10 Å². The topological polar surface area (TPSA) is 53.4 Å². The van der Waals surface area contributed by atoms with Gasteiger partial charge in [0, 0.05) is 23.7 Å². The number of aromatic nitrogens is 1. The van der Waals surface area contributed by atoms with Crippen LogP contribution in [0.3, 0.4) is 0 Å². The summed E-state index contributed by atoms with van der Waals surface area (Å²) in [6.07, 6.45) is 1.48. The lowest BCUT2D eigenvalue weighted by Gasteiger charge is -2.17. The summed E-state index contributed by atoms with van der Waals surface area (Å²) in [6, 6.07) is 1.80. The molecule has 1 aromatic rings. The number of thiol groups is 1. The molecule has 0 aromatic carbocycles. The van der Waals surface area contributed by atoms with E-state index in [2.05, 4.69) is 17.6 Å². The minimum absolute atomic E-state index is 0.232. The predicted octanol–water partition coefficient (Wildman–Crippen LogP) is 0.714. The summed E-state index contributed by atoms with van der Waals surface area (Å²) in [5.74, 6) is 0.232. The highest BCUT2D eigenvalue weighted by atomic mass is 32.1. The molecule has 0 spiro atoms. The molecule has 0 aliphatic rings. The Morgan fingerprint density at radius 3 is 2.77 bits per heavy atom. The second-order valence-corrected chi connectivity index (χ2v) is 3.29. The lowest BCUT2D eigenvalue weighted by molar-refractivity contribution is 0.0331. The van der Waals surface area contributed by atoms with Gasteiger partial charge in [-0.3, -0.25) is 4.98 Å². The Kier molecular flexibility index (Phi) is 3.71. The molecule has 0 aliphatic heterocycles. The van der Waals surface area contributed by atoms with Gasteiger partial charge in [0.2, 0.25) is 0 Å². The smallest absolute Gasteiger partial charge is 0.107 e. The van der Waals surface area contributed by atoms with Crippen LogP contribution >= 0.6 is 12.6 Å². The average Bonchev–Trinajstić information content (AvgIpc) is 2.16. The van der Waals surface area contributed by atoms with E-state index in [1.807, 2.05) is 6.92 Å². The van der Waals surface area contributed by atoms with Crippen molar-refractivity contribution in [3.63, 3.8) is 0 Å². The Morgan fingerprint density at radius 1 is 1.54 bits per heavy atom. The first kappa shape index (κ1) is 10.5. The second kappa shape index (κ2) is 4.60. The zero-order valence-corrected chi connectivity index (χ0v) is 8.28. The minimum atomic E-state index is -0.897. The van der Waals surface area contributed by atoms with Crippen LogP contribution < -0.4 is 0 Å². The first-order chi connectivity index (χ1) is 6.16. The average molecular weight is 199 g/mol. The molecule has 2 atom stereocenters. The van der Waals surface area contributed by atoms with Crippen LogP contribution in [-0.2, 0) is 0 Å². The molecule has 0 saturated carbocycles. The SMILES string of the molecule is Cc1ccncc1C(O)C(O)CS. The summed E-state index contributed by atoms with van der Waals surface area (Å²) in [5.41, 5.74) is 1.58. The van der Waals surface area contributed by atoms with E-state index in [9.17, 15) is 10.2 Å². The number of pyridine rings is 1. The fourth-order valence-electron chi connectivity index (χ4n) is 1.09. The largest absolute Gasteiger partial charge is 0.389 e. The summed E-state index contributed by atoms with van der Waals surface area (Å²) >= 11 is 3.91. The Hall–Kier alpha value is -0.580. The predicted molar refractivity (Wildman–Crippen MR) is 53.8 cm³/mol. The van der Waals surface area contributed by atoms with Gasteiger partial charge < -0.3 is 10.2 Å². The summed E-state index contributed by atoms with van der Waals surface area (Å²) in [4.78, 5) is 3.89. The highest BCUT2D eigenvalue weighted by Gasteiger charge is 2.18. The molecule has 0 fully saturated rings. The van der Waals surface area contributed by atoms with Crippen molar-refractivity contribution in [3.05, 3.63) is 29.6 Å². The maximum atomic E-state index is 9.63. The van der Waals surface area contributed by atoms with Crippen molar-refractivity contribution >= 4 is 12.6 Å². The van der Waals surface area contributed by atoms with Crippen LogP contribution in [0.15, 0.2) is 18.5 Å². The van der Waals surface area contributed by atoms with Gasteiger partial charge >= 0.3 is 0 Å². The van der Waals surface area contributed by atoms with Crippen molar-refractivity contribution < 1.29 is 10.2 Å². The third kappa shape index (κ3) is 2.43. The molecular formula is C9H13NO2S. The molecule has 0 aliphatic carbocycles. The summed E-state index contributed by atoms with van der Waals surface area (Å²) in [7, 11) is 0. The van der Waals surface area contributed by atoms with Gasteiger partial charge in [-0.2, -0.15) is 12.6 Å². The van der Waals surface area contributed by atoms with Crippen LogP contribution in [0.25, 0.3) is 0 Å². The van der Waals surface area contributed by atoms with Crippen molar-refractivity contribution in [2.75, 3.05) is 5.75 Å². The van der Waals surface area contributed by atoms with E-state index in [0.717, 1.165) is 5.56 Å². The summed E-state index contributed by atoms with van der Waals surface area (Å²) < 4.78 is 0. The first-order valence-corrected chi connectivity index (χ1v) is 4.67. The van der Waals surface area contributed by atoms with Crippen LogP contribution in [0.2, 0.25) is 0 Å². The Morgan fingerprint density at radius 2 is 2.23 bits per heavy atom. The van der Waals surface area contributed by atoms with Crippen molar-refractivity contribution in [2.24, 2.45) is 0 Å². The van der Waals surface area contributed by atoms with Crippen LogP contribution in [-0.4, -0.2) is 27.1 Å². The fourth-order valence-corrected chi connectivity index (χ4v) is 1.29. The van der Waals surface area contributed by atoms with E-state index in [1.165, 1.54) is 0 Å². The van der Waals surface area contributed by atoms with Gasteiger partial charge in [0.25, 0.3) is 0 Å². The molecule has 1 aromatic heterocycles. The van der Waals surface area contributed by atoms with Crippen LogP contribution in [0, 0.1) is 6.92 Å². The molecule has 0 saturated heterocycles. The zero-order valence-electron chi connectivity index (χ0n) is 7.38. The minimum Gasteiger partial charge on any atom is -0.389 e. The third-order valence-corrected chi connectivity index (χ3v) is 2.32. The highest BCUT2D eigenvalue weighted by Crippen LogP contribution is 2.19. The molecule has 13 heavy (non-hydrogen) atoms. The number of rotatable bonds is 3. The quantitative estimate of drug-likeness (QED) is 0.629. The number of hydrogen-bond acceptors (Lipinski definition) is 4. The lowest BCUT2D eigenvalue weighted by Crippen LogP contribution is -2.20. The van der Waals surface area contributed by atoms with Crippen LogP contribution in [0.4, 0.5) is 0 Å². The van der Waals surface area contributed by atoms with Crippen LogP contribution in [0.1, 0.15) is 17.2 Å². The molecule has 72 valence electrons. The molecule has 4 heteroatoms. The van der Waals surface area contributed by atoms with Crippen LogP contribution in [0.5, 0.6) is 0 Å². The van der Waals surface area contributed by atoms with E-state index >= 15 is 0 Å². The number of hydrogen-bond donors (Lipinski definition) is 3. The molecule has 0 amide bonds. The highest BCUT2D eigenvalue weighted by molar-refractivity contribution is 7.80. The number of aliphatic hydroxyl groups excluding tert-OH is 2. The first-order valence-electron chi connectivity index (χ1n) is 4.04. The van der Waals surface area contributed by atoms with Gasteiger partial charge in [-0.15, -0.1) is 0 Å². The monoisotopic (exact) mass is 199 g/mol. The Bertz CT molecular complexity index is 280. The van der Waals surface area contributed by atoms with E-state index < -0.39 is 12.2 Å². The van der Waals surface area contributed by atoms with Gasteiger partial charge in [-0.05, 0) is 18.6 Å². The Balaban J connectivity index is 2.88. The third-order valence-electron chi connectivity index (χ3n) is 1.95. The summed E-state index contributed by atoms with van der Waals surface area (Å²) in [5, 5.41) is 19.0. The fraction of sp³-hybridized carbons (Fsp3) is 0.444. The van der Waals surface area contributed by atoms with Gasteiger partial charge in [-0.1, -0.05) is 0 Å². The lowest BCUT2D eigenvalue weighted by atomic mass is 10.0. The number of aliphatic hydroxyl groups is 2. The van der Waals surface area contributed by atoms with Crippen molar-refractivity contribution in [1.29, 1.82) is 0 Å². The Labute approximate surface area is 82.9 Å². The van der Waals surface area contributed by atoms with E-state index in [4.69, 9.17) is 0 Å². The molecule has 0 bridgehead atoms. The molecular weight excluding hydrogens is 186 g/mol. The molecule has 1 rings (SSSR count). The standard InChI is InChI=1S/C9H13NO2S/c1-6-2-3-10-4-7(6)9(12)8(11)5-13/h2-4,8-9,11-13H,5H2,1H3. The molecule has 0 radical (unpaired) electrons. The van der Waals surface area contributed by atoms with E-state index in [-0.39, 0.29) is 5.75 Å². The maximum absolute atomic E-state index is 9.63. The summed E-state index contributed by atoms with van der Waals surface area (Å²) in [6.45, 7) is 1.87. The number of nitrogens with zero attached hydrogens (tertiary/aromatic N) is 1. The van der Waals surface area contributed by atoms with Crippen molar-refractivity contribution in [1.82, 2.24) is 4.98 Å². The zero-order chi connectivity index (χ0) is 9.84. The van der Waals surface area contributed by atoms with Gasteiger partial charge in [0.05, 0.1) is 6.10 Å². The van der Waals surface area contributed by atoms with Crippen molar-refractivity contribution in [2.45, 2.75) is 19.1 Å².